The van der Waals surface area contributed by atoms with Gasteiger partial charge in [0.1, 0.15) is 0 Å². The van der Waals surface area contributed by atoms with E-state index in [4.69, 9.17) is 0 Å². The fraction of sp³-hybridized carbons (Fsp3) is 1.00. The zero-order chi connectivity index (χ0) is 5.61. The molecule has 2 fully saturated rings. The molecule has 0 N–H and O–H groups in total. The van der Waals surface area contributed by atoms with Gasteiger partial charge in [0.2, 0.25) is 0 Å². The van der Waals surface area contributed by atoms with Crippen molar-refractivity contribution >= 4 is 0 Å². The van der Waals surface area contributed by atoms with E-state index in [2.05, 4.69) is 11.9 Å². The Balaban J connectivity index is 2.03. The number of nitrogens with zero attached hydrogens (tertiary/aromatic N) is 1. The summed E-state index contributed by atoms with van der Waals surface area (Å²) in [6.45, 7) is 2.73. The number of rotatable bonds is 0. The lowest BCUT2D eigenvalue weighted by atomic mass is 10.1. The lowest BCUT2D eigenvalue weighted by molar-refractivity contribution is 0.389. The fourth-order valence-corrected chi connectivity index (χ4v) is 1.74. The molecule has 1 aliphatic carbocycles. The second-order valence-electron chi connectivity index (χ2n) is 3.49. The largest absolute Gasteiger partial charge is 0.306 e. The molecule has 0 bridgehead atoms. The van der Waals surface area contributed by atoms with Gasteiger partial charge < -0.3 is 4.90 Å². The molecule has 0 atom stereocenters. The summed E-state index contributed by atoms with van der Waals surface area (Å²) in [4.78, 5) is 2.45. The highest BCUT2D eigenvalue weighted by Gasteiger charge is 2.46. The topological polar surface area (TPSA) is 3.24 Å². The molecule has 46 valence electrons. The normalized spacial score (nSPS) is 34.1. The van der Waals surface area contributed by atoms with Gasteiger partial charge in [0.15, 0.2) is 0 Å². The van der Waals surface area contributed by atoms with Gasteiger partial charge in [-0.25, -0.2) is 0 Å². The van der Waals surface area contributed by atoms with Gasteiger partial charge >= 0.3 is 0 Å². The molecule has 1 aliphatic heterocycles. The Bertz CT molecular complexity index is 105. The highest BCUT2D eigenvalue weighted by molar-refractivity contribution is 4.99. The van der Waals surface area contributed by atoms with E-state index in [0.29, 0.717) is 0 Å². The van der Waals surface area contributed by atoms with Crippen LogP contribution in [0.3, 0.4) is 0 Å². The van der Waals surface area contributed by atoms with Crippen molar-refractivity contribution in [2.24, 2.45) is 5.41 Å². The zero-order valence-corrected chi connectivity index (χ0v) is 5.48. The Morgan fingerprint density at radius 3 is 2.25 bits per heavy atom. The highest BCUT2D eigenvalue weighted by atomic mass is 15.1. The molecule has 0 radical (unpaired) electrons. The first-order valence-electron chi connectivity index (χ1n) is 3.49. The molecule has 1 saturated carbocycles. The fourth-order valence-electron chi connectivity index (χ4n) is 1.74. The van der Waals surface area contributed by atoms with Crippen LogP contribution < -0.4 is 0 Å². The van der Waals surface area contributed by atoms with Crippen molar-refractivity contribution in [3.63, 3.8) is 0 Å². The van der Waals surface area contributed by atoms with Crippen molar-refractivity contribution < 1.29 is 0 Å². The molecule has 1 heterocycles. The van der Waals surface area contributed by atoms with Crippen LogP contribution in [0.2, 0.25) is 0 Å². The monoisotopic (exact) mass is 111 g/mol. The van der Waals surface area contributed by atoms with Gasteiger partial charge in [-0.3, -0.25) is 0 Å². The van der Waals surface area contributed by atoms with Crippen LogP contribution in [0, 0.1) is 5.41 Å². The lowest BCUT2D eigenvalue weighted by Crippen LogP contribution is -2.14. The lowest BCUT2D eigenvalue weighted by Gasteiger charge is -2.05. The van der Waals surface area contributed by atoms with Crippen LogP contribution >= 0.6 is 0 Å². The van der Waals surface area contributed by atoms with Crippen LogP contribution in [-0.2, 0) is 0 Å². The van der Waals surface area contributed by atoms with Crippen molar-refractivity contribution in [2.75, 3.05) is 20.1 Å². The van der Waals surface area contributed by atoms with E-state index in [1.54, 1.807) is 0 Å². The maximum Gasteiger partial charge on any atom is 0.00354 e. The predicted octanol–water partition coefficient (Wildman–Crippen LogP) is 1.10. The first-order chi connectivity index (χ1) is 3.81. The van der Waals surface area contributed by atoms with E-state index in [-0.39, 0.29) is 0 Å². The van der Waals surface area contributed by atoms with Gasteiger partial charge in [0, 0.05) is 6.54 Å². The summed E-state index contributed by atoms with van der Waals surface area (Å²) in [5, 5.41) is 0. The Labute approximate surface area is 50.7 Å². The van der Waals surface area contributed by atoms with Crippen molar-refractivity contribution in [1.29, 1.82) is 0 Å². The molecule has 0 unspecified atom stereocenters. The molecule has 1 heteroatoms. The molecule has 0 amide bonds. The van der Waals surface area contributed by atoms with Gasteiger partial charge in [-0.05, 0) is 38.3 Å². The summed E-state index contributed by atoms with van der Waals surface area (Å²) >= 11 is 0. The van der Waals surface area contributed by atoms with Crippen LogP contribution in [0.25, 0.3) is 0 Å². The Hall–Kier alpha value is -0.0400. The Morgan fingerprint density at radius 1 is 1.25 bits per heavy atom. The standard InChI is InChI=1S/C7H13N/c1-8-5-4-7(6-8)2-3-7/h2-6H2,1H3. The molecule has 0 aromatic heterocycles. The molecule has 0 aromatic rings. The van der Waals surface area contributed by atoms with Gasteiger partial charge in [-0.2, -0.15) is 0 Å². The maximum atomic E-state index is 2.45. The van der Waals surface area contributed by atoms with E-state index in [1.807, 2.05) is 0 Å². The van der Waals surface area contributed by atoms with Gasteiger partial charge in [-0.15, -0.1) is 0 Å². The second kappa shape index (κ2) is 1.27. The summed E-state index contributed by atoms with van der Waals surface area (Å²) in [5.74, 6) is 0. The average molecular weight is 111 g/mol. The minimum Gasteiger partial charge on any atom is -0.306 e. The number of hydrogen-bond donors (Lipinski definition) is 0. The first-order valence-corrected chi connectivity index (χ1v) is 3.49. The van der Waals surface area contributed by atoms with Gasteiger partial charge in [-0.1, -0.05) is 0 Å². The zero-order valence-electron chi connectivity index (χ0n) is 5.48. The molecule has 2 rings (SSSR count). The number of likely N-dealkylation sites (tertiary alicyclic amines) is 1. The molecule has 0 aromatic carbocycles. The molecule has 8 heavy (non-hydrogen) atoms. The summed E-state index contributed by atoms with van der Waals surface area (Å²) in [6.07, 6.45) is 4.50. The summed E-state index contributed by atoms with van der Waals surface area (Å²) in [6, 6.07) is 0. The Morgan fingerprint density at radius 2 is 2.00 bits per heavy atom. The van der Waals surface area contributed by atoms with E-state index in [0.717, 1.165) is 5.41 Å². The molecular formula is C7H13N. The quantitative estimate of drug-likeness (QED) is 0.452. The summed E-state index contributed by atoms with van der Waals surface area (Å²) in [7, 11) is 2.23. The van der Waals surface area contributed by atoms with Crippen LogP contribution in [0.5, 0.6) is 0 Å². The maximum absolute atomic E-state index is 2.45. The number of hydrogen-bond acceptors (Lipinski definition) is 1. The minimum atomic E-state index is 0.842. The molecule has 1 nitrogen and oxygen atoms in total. The van der Waals surface area contributed by atoms with E-state index < -0.39 is 0 Å². The van der Waals surface area contributed by atoms with E-state index >= 15 is 0 Å². The van der Waals surface area contributed by atoms with Crippen LogP contribution in [-0.4, -0.2) is 25.0 Å². The van der Waals surface area contributed by atoms with Crippen molar-refractivity contribution in [3.05, 3.63) is 0 Å². The van der Waals surface area contributed by atoms with Gasteiger partial charge in [0.25, 0.3) is 0 Å². The third kappa shape index (κ3) is 0.576. The van der Waals surface area contributed by atoms with E-state index in [1.165, 1.54) is 32.4 Å². The van der Waals surface area contributed by atoms with E-state index in [9.17, 15) is 0 Å². The first kappa shape index (κ1) is 4.80. The van der Waals surface area contributed by atoms with Gasteiger partial charge in [0.05, 0.1) is 0 Å². The van der Waals surface area contributed by atoms with Crippen LogP contribution in [0.1, 0.15) is 19.3 Å². The molecule has 2 aliphatic rings. The van der Waals surface area contributed by atoms with Crippen LogP contribution in [0.4, 0.5) is 0 Å². The second-order valence-corrected chi connectivity index (χ2v) is 3.49. The summed E-state index contributed by atoms with van der Waals surface area (Å²) < 4.78 is 0. The Kier molecular flexibility index (Phi) is 0.762. The predicted molar refractivity (Wildman–Crippen MR) is 33.8 cm³/mol. The minimum absolute atomic E-state index is 0.842. The highest BCUT2D eigenvalue weighted by Crippen LogP contribution is 2.52. The van der Waals surface area contributed by atoms with Crippen molar-refractivity contribution in [2.45, 2.75) is 19.3 Å². The molecular weight excluding hydrogens is 98.1 g/mol. The van der Waals surface area contributed by atoms with Crippen molar-refractivity contribution in [1.82, 2.24) is 4.90 Å². The molecule has 1 spiro atoms. The average Bonchev–Trinajstić information content (AvgIpc) is 2.34. The van der Waals surface area contributed by atoms with Crippen molar-refractivity contribution in [3.8, 4) is 0 Å². The SMILES string of the molecule is CN1CCC2(CC2)C1. The van der Waals surface area contributed by atoms with Crippen LogP contribution in [0.15, 0.2) is 0 Å². The molecule has 1 saturated heterocycles. The third-order valence-corrected chi connectivity index (χ3v) is 2.59. The summed E-state index contributed by atoms with van der Waals surface area (Å²) in [5.41, 5.74) is 0.842. The smallest absolute Gasteiger partial charge is 0.00354 e. The third-order valence-electron chi connectivity index (χ3n) is 2.59.